The van der Waals surface area contributed by atoms with Crippen LogP contribution in [-0.4, -0.2) is 59.4 Å². The van der Waals surface area contributed by atoms with Gasteiger partial charge in [-0.1, -0.05) is 27.7 Å². The molecule has 0 rings (SSSR count). The Morgan fingerprint density at radius 1 is 0.964 bits per heavy atom. The molecule has 0 spiro atoms. The smallest absolute Gasteiger partial charge is 0.326 e. The highest BCUT2D eigenvalue weighted by Gasteiger charge is 2.28. The maximum absolute atomic E-state index is 12.3. The van der Waals surface area contributed by atoms with E-state index in [0.29, 0.717) is 0 Å². The quantitative estimate of drug-likeness (QED) is 0.219. The number of hydrogen-bond donors (Lipinski definition) is 6. The van der Waals surface area contributed by atoms with Gasteiger partial charge < -0.3 is 32.5 Å². The molecule has 8 N–H and O–H groups in total. The van der Waals surface area contributed by atoms with E-state index >= 15 is 0 Å². The number of carbonyl (C=O) groups excluding carboxylic acids is 4. The predicted molar refractivity (Wildman–Crippen MR) is 101 cm³/mol. The van der Waals surface area contributed by atoms with Gasteiger partial charge in [0.2, 0.25) is 23.6 Å². The molecule has 11 heteroatoms. The number of hydrogen-bond acceptors (Lipinski definition) is 6. The molecule has 0 aromatic carbocycles. The highest BCUT2D eigenvalue weighted by atomic mass is 16.4. The van der Waals surface area contributed by atoms with E-state index in [4.69, 9.17) is 16.6 Å². The van der Waals surface area contributed by atoms with Crippen LogP contribution in [0.4, 0.5) is 0 Å². The third-order valence-electron chi connectivity index (χ3n) is 3.77. The summed E-state index contributed by atoms with van der Waals surface area (Å²) in [6.45, 7) is 6.54. The molecule has 160 valence electrons. The summed E-state index contributed by atoms with van der Waals surface area (Å²) in [5.74, 6) is -4.22. The Kier molecular flexibility index (Phi) is 10.8. The van der Waals surface area contributed by atoms with Gasteiger partial charge in [-0.2, -0.15) is 0 Å². The molecule has 0 heterocycles. The largest absolute Gasteiger partial charge is 0.480 e. The fourth-order valence-electron chi connectivity index (χ4n) is 2.32. The van der Waals surface area contributed by atoms with E-state index in [9.17, 15) is 24.0 Å². The SMILES string of the molecule is CC(C)CC(NC(=O)CNC(=O)C(NC(=O)C(N)CC(N)=O)C(C)C)C(=O)O. The molecule has 0 aromatic heterocycles. The summed E-state index contributed by atoms with van der Waals surface area (Å²) in [7, 11) is 0. The Hall–Kier alpha value is -2.69. The van der Waals surface area contributed by atoms with E-state index in [-0.39, 0.29) is 24.7 Å². The molecule has 0 saturated carbocycles. The molecule has 3 unspecified atom stereocenters. The average molecular weight is 401 g/mol. The van der Waals surface area contributed by atoms with Crippen LogP contribution in [0.3, 0.4) is 0 Å². The summed E-state index contributed by atoms with van der Waals surface area (Å²) in [5.41, 5.74) is 10.5. The lowest BCUT2D eigenvalue weighted by molar-refractivity contribution is -0.142. The molecule has 0 bridgehead atoms. The summed E-state index contributed by atoms with van der Waals surface area (Å²) in [6, 6.07) is -3.25. The van der Waals surface area contributed by atoms with E-state index in [1.807, 2.05) is 13.8 Å². The van der Waals surface area contributed by atoms with Gasteiger partial charge in [0, 0.05) is 0 Å². The summed E-state index contributed by atoms with van der Waals surface area (Å²) in [5, 5.41) is 16.2. The minimum atomic E-state index is -1.19. The zero-order valence-corrected chi connectivity index (χ0v) is 16.7. The lowest BCUT2D eigenvalue weighted by Gasteiger charge is -2.23. The number of aliphatic carboxylic acids is 1. The first-order chi connectivity index (χ1) is 12.8. The number of nitrogens with two attached hydrogens (primary N) is 2. The molecule has 0 saturated heterocycles. The summed E-state index contributed by atoms with van der Waals surface area (Å²) in [6.07, 6.45) is -0.120. The molecule has 3 atom stereocenters. The van der Waals surface area contributed by atoms with Gasteiger partial charge >= 0.3 is 5.97 Å². The Balaban J connectivity index is 4.76. The van der Waals surface area contributed by atoms with Crippen LogP contribution in [-0.2, 0) is 24.0 Å². The van der Waals surface area contributed by atoms with Gasteiger partial charge in [0.05, 0.1) is 19.0 Å². The van der Waals surface area contributed by atoms with Crippen molar-refractivity contribution in [3.63, 3.8) is 0 Å². The fraction of sp³-hybridized carbons (Fsp3) is 0.706. The molecule has 0 fully saturated rings. The predicted octanol–water partition coefficient (Wildman–Crippen LogP) is -1.94. The van der Waals surface area contributed by atoms with Crippen LogP contribution in [0.1, 0.15) is 40.5 Å². The van der Waals surface area contributed by atoms with E-state index in [2.05, 4.69) is 16.0 Å². The highest BCUT2D eigenvalue weighted by molar-refractivity contribution is 5.94. The van der Waals surface area contributed by atoms with Crippen molar-refractivity contribution in [3.05, 3.63) is 0 Å². The normalized spacial score (nSPS) is 14.1. The van der Waals surface area contributed by atoms with Gasteiger partial charge in [-0.15, -0.1) is 0 Å². The van der Waals surface area contributed by atoms with E-state index < -0.39 is 54.3 Å². The van der Waals surface area contributed by atoms with Crippen LogP contribution in [0.15, 0.2) is 0 Å². The molecule has 0 radical (unpaired) electrons. The third kappa shape index (κ3) is 9.86. The second-order valence-corrected chi connectivity index (χ2v) is 7.31. The second-order valence-electron chi connectivity index (χ2n) is 7.31. The number of rotatable bonds is 12. The number of amides is 4. The molecular formula is C17H31N5O6. The van der Waals surface area contributed by atoms with Crippen LogP contribution in [0.5, 0.6) is 0 Å². The molecular weight excluding hydrogens is 370 g/mol. The van der Waals surface area contributed by atoms with Crippen LogP contribution in [0.2, 0.25) is 0 Å². The van der Waals surface area contributed by atoms with Crippen molar-refractivity contribution in [2.75, 3.05) is 6.54 Å². The van der Waals surface area contributed by atoms with Gasteiger partial charge in [-0.3, -0.25) is 19.2 Å². The maximum Gasteiger partial charge on any atom is 0.326 e. The second kappa shape index (κ2) is 11.9. The number of nitrogens with one attached hydrogen (secondary N) is 3. The highest BCUT2D eigenvalue weighted by Crippen LogP contribution is 2.05. The van der Waals surface area contributed by atoms with Crippen LogP contribution in [0, 0.1) is 11.8 Å². The average Bonchev–Trinajstić information content (AvgIpc) is 2.55. The Labute approximate surface area is 164 Å². The van der Waals surface area contributed by atoms with Gasteiger partial charge in [-0.25, -0.2) is 4.79 Å². The summed E-state index contributed by atoms with van der Waals surface area (Å²) in [4.78, 5) is 58.3. The van der Waals surface area contributed by atoms with Crippen molar-refractivity contribution in [1.29, 1.82) is 0 Å². The van der Waals surface area contributed by atoms with E-state index in [1.54, 1.807) is 13.8 Å². The fourth-order valence-corrected chi connectivity index (χ4v) is 2.32. The number of primary amides is 1. The van der Waals surface area contributed by atoms with Gasteiger partial charge in [0.25, 0.3) is 0 Å². The van der Waals surface area contributed by atoms with Crippen LogP contribution < -0.4 is 27.4 Å². The first kappa shape index (κ1) is 25.3. The molecule has 0 aliphatic heterocycles. The first-order valence-corrected chi connectivity index (χ1v) is 8.99. The standard InChI is InChI=1S/C17H31N5O6/c1-8(2)5-11(17(27)28)21-13(24)7-20-16(26)14(9(3)4)22-15(25)10(18)6-12(19)23/h8-11,14H,5-7,18H2,1-4H3,(H2,19,23)(H,20,26)(H,21,24)(H,22,25)(H,27,28). The maximum atomic E-state index is 12.3. The monoisotopic (exact) mass is 401 g/mol. The number of carboxylic acid groups (broad SMARTS) is 1. The van der Waals surface area contributed by atoms with Crippen molar-refractivity contribution in [2.24, 2.45) is 23.3 Å². The van der Waals surface area contributed by atoms with Gasteiger partial charge in [-0.05, 0) is 18.3 Å². The van der Waals surface area contributed by atoms with Crippen molar-refractivity contribution >= 4 is 29.6 Å². The number of carbonyl (C=O) groups is 5. The molecule has 0 aliphatic carbocycles. The van der Waals surface area contributed by atoms with Crippen molar-refractivity contribution in [3.8, 4) is 0 Å². The number of carboxylic acids is 1. The van der Waals surface area contributed by atoms with Crippen molar-refractivity contribution < 1.29 is 29.1 Å². The third-order valence-corrected chi connectivity index (χ3v) is 3.77. The van der Waals surface area contributed by atoms with Gasteiger partial charge in [0.15, 0.2) is 0 Å². The summed E-state index contributed by atoms with van der Waals surface area (Å²) < 4.78 is 0. The summed E-state index contributed by atoms with van der Waals surface area (Å²) >= 11 is 0. The van der Waals surface area contributed by atoms with E-state index in [0.717, 1.165) is 0 Å². The molecule has 11 nitrogen and oxygen atoms in total. The molecule has 4 amide bonds. The van der Waals surface area contributed by atoms with Gasteiger partial charge in [0.1, 0.15) is 12.1 Å². The Bertz CT molecular complexity index is 593. The Morgan fingerprint density at radius 3 is 1.96 bits per heavy atom. The minimum absolute atomic E-state index is 0.0566. The topological polar surface area (TPSA) is 194 Å². The lowest BCUT2D eigenvalue weighted by Crippen LogP contribution is -2.55. The van der Waals surface area contributed by atoms with Crippen LogP contribution in [0.25, 0.3) is 0 Å². The zero-order valence-electron chi connectivity index (χ0n) is 16.7. The van der Waals surface area contributed by atoms with Crippen molar-refractivity contribution in [2.45, 2.75) is 58.7 Å². The first-order valence-electron chi connectivity index (χ1n) is 8.99. The zero-order chi connectivity index (χ0) is 22.0. The van der Waals surface area contributed by atoms with E-state index in [1.165, 1.54) is 0 Å². The Morgan fingerprint density at radius 2 is 1.54 bits per heavy atom. The minimum Gasteiger partial charge on any atom is -0.480 e. The van der Waals surface area contributed by atoms with Crippen LogP contribution >= 0.6 is 0 Å². The molecule has 0 aliphatic rings. The molecule has 28 heavy (non-hydrogen) atoms. The van der Waals surface area contributed by atoms with Crippen molar-refractivity contribution in [1.82, 2.24) is 16.0 Å². The molecule has 0 aromatic rings. The lowest BCUT2D eigenvalue weighted by atomic mass is 10.0.